The summed E-state index contributed by atoms with van der Waals surface area (Å²) in [5.74, 6) is 0. The third kappa shape index (κ3) is 9.42. The van der Waals surface area contributed by atoms with Crippen LogP contribution in [0.15, 0.2) is 0 Å². The maximum atomic E-state index is 11.9. The molecule has 3 unspecified atom stereocenters. The van der Waals surface area contributed by atoms with Gasteiger partial charge in [-0.1, -0.05) is 68.7 Å². The second-order valence-corrected chi connectivity index (χ2v) is 31.3. The third-order valence-corrected chi connectivity index (χ3v) is 24.1. The van der Waals surface area contributed by atoms with E-state index in [-0.39, 0.29) is 32.2 Å². The SMILES string of the molecule is CC(C)(C)[Si](C)(C)OC[C@H]1OC(OC2CCCCC2[N+](=O)[O-])C[C@@H](O[Si](C)(C)C(C)(C)C)[C@@H]1O[Si](C)(C)C(C)(C)C. The van der Waals surface area contributed by atoms with Gasteiger partial charge in [-0.3, -0.25) is 10.1 Å². The van der Waals surface area contributed by atoms with Gasteiger partial charge in [-0.2, -0.15) is 0 Å². The molecule has 1 aliphatic heterocycles. The molecule has 1 saturated carbocycles. The number of nitro groups is 1. The van der Waals surface area contributed by atoms with Gasteiger partial charge in [-0.15, -0.1) is 0 Å². The molecule has 0 aromatic rings. The molecular formula is C30H63NO7Si3. The van der Waals surface area contributed by atoms with Gasteiger partial charge in [-0.25, -0.2) is 0 Å². The highest BCUT2D eigenvalue weighted by molar-refractivity contribution is 6.75. The molecule has 0 N–H and O–H groups in total. The lowest BCUT2D eigenvalue weighted by Crippen LogP contribution is -2.61. The number of ether oxygens (including phenoxy) is 2. The van der Waals surface area contributed by atoms with Crippen LogP contribution in [-0.2, 0) is 22.8 Å². The van der Waals surface area contributed by atoms with Crippen LogP contribution < -0.4 is 0 Å². The molecule has 2 fully saturated rings. The summed E-state index contributed by atoms with van der Waals surface area (Å²) in [5, 5.41) is 11.9. The van der Waals surface area contributed by atoms with Crippen LogP contribution in [0.1, 0.15) is 94.4 Å². The van der Waals surface area contributed by atoms with E-state index >= 15 is 0 Å². The summed E-state index contributed by atoms with van der Waals surface area (Å²) >= 11 is 0. The van der Waals surface area contributed by atoms with Crippen LogP contribution >= 0.6 is 0 Å². The largest absolute Gasteiger partial charge is 0.414 e. The smallest absolute Gasteiger partial charge is 0.238 e. The Morgan fingerprint density at radius 2 is 1.24 bits per heavy atom. The lowest BCUT2D eigenvalue weighted by Gasteiger charge is -2.51. The van der Waals surface area contributed by atoms with Gasteiger partial charge in [0, 0.05) is 17.8 Å². The van der Waals surface area contributed by atoms with E-state index in [1.165, 1.54) is 0 Å². The lowest BCUT2D eigenvalue weighted by molar-refractivity contribution is -0.542. The summed E-state index contributed by atoms with van der Waals surface area (Å²) in [6, 6.07) is -0.699. The van der Waals surface area contributed by atoms with Gasteiger partial charge in [0.05, 0.1) is 18.8 Å². The average Bonchev–Trinajstić information content (AvgIpc) is 2.77. The highest BCUT2D eigenvalue weighted by atomic mass is 28.4. The van der Waals surface area contributed by atoms with Crippen molar-refractivity contribution in [2.24, 2.45) is 0 Å². The topological polar surface area (TPSA) is 89.3 Å². The average molecular weight is 634 g/mol. The minimum Gasteiger partial charge on any atom is -0.414 e. The first-order chi connectivity index (χ1) is 18.3. The van der Waals surface area contributed by atoms with Crippen molar-refractivity contribution in [3.05, 3.63) is 10.1 Å². The predicted molar refractivity (Wildman–Crippen MR) is 175 cm³/mol. The molecule has 2 aliphatic rings. The number of hydrogen-bond acceptors (Lipinski definition) is 7. The Morgan fingerprint density at radius 3 is 1.73 bits per heavy atom. The van der Waals surface area contributed by atoms with Gasteiger partial charge in [-0.05, 0) is 67.2 Å². The van der Waals surface area contributed by atoms with E-state index in [1.54, 1.807) is 0 Å². The van der Waals surface area contributed by atoms with E-state index in [2.05, 4.69) is 102 Å². The molecule has 11 heteroatoms. The van der Waals surface area contributed by atoms with E-state index < -0.39 is 49.5 Å². The number of rotatable bonds is 10. The second kappa shape index (κ2) is 13.1. The van der Waals surface area contributed by atoms with Crippen molar-refractivity contribution < 1.29 is 27.7 Å². The molecule has 0 spiro atoms. The fourth-order valence-electron chi connectivity index (χ4n) is 4.63. The lowest BCUT2D eigenvalue weighted by atomic mass is 9.92. The Morgan fingerprint density at radius 1 is 0.756 bits per heavy atom. The predicted octanol–water partition coefficient (Wildman–Crippen LogP) is 8.51. The van der Waals surface area contributed by atoms with E-state index in [9.17, 15) is 10.1 Å². The van der Waals surface area contributed by atoms with Crippen molar-refractivity contribution in [2.75, 3.05) is 6.61 Å². The molecule has 2 rings (SSSR count). The summed E-state index contributed by atoms with van der Waals surface area (Å²) in [5.41, 5.74) is 0. The number of nitrogens with zero attached hydrogens (tertiary/aromatic N) is 1. The van der Waals surface area contributed by atoms with Gasteiger partial charge in [0.2, 0.25) is 6.04 Å². The van der Waals surface area contributed by atoms with Crippen molar-refractivity contribution in [1.29, 1.82) is 0 Å². The van der Waals surface area contributed by atoms with Crippen LogP contribution in [0.25, 0.3) is 0 Å². The molecule has 0 aromatic carbocycles. The van der Waals surface area contributed by atoms with Crippen LogP contribution in [0.5, 0.6) is 0 Å². The minimum atomic E-state index is -2.22. The number of hydrogen-bond donors (Lipinski definition) is 0. The van der Waals surface area contributed by atoms with Gasteiger partial charge in [0.15, 0.2) is 31.2 Å². The highest BCUT2D eigenvalue weighted by Gasteiger charge is 2.52. The van der Waals surface area contributed by atoms with Crippen LogP contribution in [-0.4, -0.2) is 73.2 Å². The Bertz CT molecular complexity index is 877. The molecule has 0 bridgehead atoms. The summed E-state index contributed by atoms with van der Waals surface area (Å²) in [4.78, 5) is 11.7. The quantitative estimate of drug-likeness (QED) is 0.135. The zero-order valence-corrected chi connectivity index (χ0v) is 32.0. The molecule has 242 valence electrons. The highest BCUT2D eigenvalue weighted by Crippen LogP contribution is 2.44. The Hall–Kier alpha value is -0.149. The summed E-state index contributed by atoms with van der Waals surface area (Å²) in [6.45, 7) is 34.2. The molecule has 0 radical (unpaired) electrons. The zero-order chi connectivity index (χ0) is 31.8. The first-order valence-corrected chi connectivity index (χ1v) is 24.5. The van der Waals surface area contributed by atoms with Crippen LogP contribution in [0.2, 0.25) is 54.4 Å². The summed E-state index contributed by atoms with van der Waals surface area (Å²) in [7, 11) is -6.51. The molecule has 0 aromatic heterocycles. The van der Waals surface area contributed by atoms with Crippen molar-refractivity contribution in [3.63, 3.8) is 0 Å². The first-order valence-electron chi connectivity index (χ1n) is 15.7. The second-order valence-electron chi connectivity index (χ2n) is 17.0. The van der Waals surface area contributed by atoms with Crippen LogP contribution in [0, 0.1) is 10.1 Å². The standard InChI is InChI=1S/C30H63NO7Si3/c1-28(2,3)39(10,11)34-21-25-27(38-41(14,15)30(7,8)9)24(37-40(12,13)29(4,5)6)20-26(36-25)35-23-19-17-16-18-22(23)31(32)33/h22-27H,16-21H2,1-15H3/t22?,23?,24-,25-,26?,27+/m1/s1. The fourth-order valence-corrected chi connectivity index (χ4v) is 8.32. The Kier molecular flexibility index (Phi) is 11.8. The molecule has 1 heterocycles. The molecule has 8 nitrogen and oxygen atoms in total. The molecule has 41 heavy (non-hydrogen) atoms. The van der Waals surface area contributed by atoms with E-state index in [1.807, 2.05) is 0 Å². The van der Waals surface area contributed by atoms with Gasteiger partial charge in [0.25, 0.3) is 0 Å². The Labute approximate surface area is 254 Å². The third-order valence-electron chi connectivity index (χ3n) is 10.7. The Balaban J connectivity index is 2.51. The van der Waals surface area contributed by atoms with Gasteiger partial charge < -0.3 is 22.8 Å². The normalized spacial score (nSPS) is 29.4. The van der Waals surface area contributed by atoms with Crippen LogP contribution in [0.4, 0.5) is 0 Å². The first kappa shape index (κ1) is 37.0. The van der Waals surface area contributed by atoms with Crippen molar-refractivity contribution >= 4 is 25.0 Å². The molecule has 0 amide bonds. The van der Waals surface area contributed by atoms with Gasteiger partial charge >= 0.3 is 0 Å². The van der Waals surface area contributed by atoms with Gasteiger partial charge in [0.1, 0.15) is 12.2 Å². The molecular weight excluding hydrogens is 571 g/mol. The fraction of sp³-hybridized carbons (Fsp3) is 1.00. The maximum absolute atomic E-state index is 11.9. The molecule has 1 aliphatic carbocycles. The van der Waals surface area contributed by atoms with E-state index in [0.29, 0.717) is 25.9 Å². The molecule has 1 saturated heterocycles. The zero-order valence-electron chi connectivity index (χ0n) is 29.0. The maximum Gasteiger partial charge on any atom is 0.238 e. The van der Waals surface area contributed by atoms with E-state index in [0.717, 1.165) is 12.8 Å². The minimum absolute atomic E-state index is 0.00768. The van der Waals surface area contributed by atoms with Crippen molar-refractivity contribution in [2.45, 2.75) is 186 Å². The monoisotopic (exact) mass is 633 g/mol. The van der Waals surface area contributed by atoms with Crippen LogP contribution in [0.3, 0.4) is 0 Å². The molecule has 6 atom stereocenters. The summed E-state index contributed by atoms with van der Waals surface area (Å²) in [6.07, 6.45) is 1.46. The van der Waals surface area contributed by atoms with Crippen molar-refractivity contribution in [3.8, 4) is 0 Å². The van der Waals surface area contributed by atoms with E-state index in [4.69, 9.17) is 22.8 Å². The van der Waals surface area contributed by atoms with Crippen molar-refractivity contribution in [1.82, 2.24) is 0 Å². The summed E-state index contributed by atoms with van der Waals surface area (Å²) < 4.78 is 34.2.